The Labute approximate surface area is 180 Å². The van der Waals surface area contributed by atoms with Crippen LogP contribution < -0.4 is 4.74 Å². The molecule has 0 unspecified atom stereocenters. The number of halogens is 1. The summed E-state index contributed by atoms with van der Waals surface area (Å²) in [5.41, 5.74) is 0.727. The molecule has 8 heteroatoms. The SMILES string of the molecule is COc1ccc(Cl)cc1C(O)=C1C(=O)C(=O)N(CCCN(C)C)[C@H]1c1ccccn1. The van der Waals surface area contributed by atoms with Crippen molar-refractivity contribution in [2.45, 2.75) is 12.5 Å². The summed E-state index contributed by atoms with van der Waals surface area (Å²) in [5, 5.41) is 11.5. The lowest BCUT2D eigenvalue weighted by Crippen LogP contribution is -2.32. The van der Waals surface area contributed by atoms with Gasteiger partial charge >= 0.3 is 0 Å². The van der Waals surface area contributed by atoms with Gasteiger partial charge in [0, 0.05) is 17.8 Å². The van der Waals surface area contributed by atoms with Gasteiger partial charge in [-0.2, -0.15) is 0 Å². The van der Waals surface area contributed by atoms with Crippen LogP contribution in [-0.2, 0) is 9.59 Å². The first-order valence-corrected chi connectivity index (χ1v) is 9.91. The van der Waals surface area contributed by atoms with E-state index in [9.17, 15) is 14.7 Å². The standard InChI is InChI=1S/C22H24ClN3O4/c1-25(2)11-6-12-26-19(16-7-4-5-10-24-16)18(21(28)22(26)29)20(27)15-13-14(23)8-9-17(15)30-3/h4-5,7-10,13,19,27H,6,11-12H2,1-3H3/t19-/m0/s1. The van der Waals surface area contributed by atoms with E-state index in [-0.39, 0.29) is 16.9 Å². The fourth-order valence-corrected chi connectivity index (χ4v) is 3.70. The van der Waals surface area contributed by atoms with E-state index in [2.05, 4.69) is 4.98 Å². The molecule has 1 N–H and O–H groups in total. The first-order valence-electron chi connectivity index (χ1n) is 9.53. The minimum atomic E-state index is -0.794. The lowest BCUT2D eigenvalue weighted by Gasteiger charge is -2.25. The summed E-state index contributed by atoms with van der Waals surface area (Å²) in [4.78, 5) is 33.7. The molecule has 1 aliphatic rings. The van der Waals surface area contributed by atoms with Gasteiger partial charge in [-0.25, -0.2) is 0 Å². The maximum atomic E-state index is 13.0. The number of methoxy groups -OCH3 is 1. The van der Waals surface area contributed by atoms with Gasteiger partial charge in [0.1, 0.15) is 17.6 Å². The molecule has 0 aliphatic carbocycles. The molecule has 1 aliphatic heterocycles. The van der Waals surface area contributed by atoms with Gasteiger partial charge in [0.15, 0.2) is 0 Å². The van der Waals surface area contributed by atoms with E-state index >= 15 is 0 Å². The number of ketones is 1. The minimum absolute atomic E-state index is 0.0240. The molecule has 1 aromatic carbocycles. The molecular formula is C22H24ClN3O4. The number of aliphatic hydroxyl groups excluding tert-OH is 1. The van der Waals surface area contributed by atoms with Crippen LogP contribution in [0.3, 0.4) is 0 Å². The van der Waals surface area contributed by atoms with Gasteiger partial charge in [-0.1, -0.05) is 17.7 Å². The van der Waals surface area contributed by atoms with Crippen LogP contribution in [0.25, 0.3) is 5.76 Å². The molecule has 1 amide bonds. The molecule has 0 spiro atoms. The van der Waals surface area contributed by atoms with Crippen molar-refractivity contribution in [3.8, 4) is 5.75 Å². The monoisotopic (exact) mass is 429 g/mol. The molecule has 2 aromatic rings. The van der Waals surface area contributed by atoms with E-state index in [0.29, 0.717) is 29.4 Å². The largest absolute Gasteiger partial charge is 0.507 e. The second-order valence-corrected chi connectivity index (χ2v) is 7.68. The Morgan fingerprint density at radius 3 is 2.67 bits per heavy atom. The number of aromatic nitrogens is 1. The number of ether oxygens (including phenoxy) is 1. The fraction of sp³-hybridized carbons (Fsp3) is 0.318. The zero-order valence-corrected chi connectivity index (χ0v) is 17.9. The predicted molar refractivity (Wildman–Crippen MR) is 114 cm³/mol. The average molecular weight is 430 g/mol. The highest BCUT2D eigenvalue weighted by molar-refractivity contribution is 6.46. The van der Waals surface area contributed by atoms with E-state index in [0.717, 1.165) is 6.54 Å². The number of rotatable bonds is 7. The number of pyridine rings is 1. The van der Waals surface area contributed by atoms with Crippen molar-refractivity contribution < 1.29 is 19.4 Å². The van der Waals surface area contributed by atoms with Crippen LogP contribution in [0.4, 0.5) is 0 Å². The van der Waals surface area contributed by atoms with Crippen LogP contribution in [0.1, 0.15) is 23.7 Å². The Balaban J connectivity index is 2.13. The lowest BCUT2D eigenvalue weighted by molar-refractivity contribution is -0.140. The van der Waals surface area contributed by atoms with Gasteiger partial charge in [0.05, 0.1) is 23.9 Å². The number of Topliss-reactive ketones (excluding diaryl/α,β-unsaturated/α-hetero) is 1. The summed E-state index contributed by atoms with van der Waals surface area (Å²) in [6, 6.07) is 9.19. The average Bonchev–Trinajstić information content (AvgIpc) is 2.98. The lowest BCUT2D eigenvalue weighted by atomic mass is 9.98. The summed E-state index contributed by atoms with van der Waals surface area (Å²) in [6.45, 7) is 1.10. The fourth-order valence-electron chi connectivity index (χ4n) is 3.52. The molecule has 1 aromatic heterocycles. The van der Waals surface area contributed by atoms with Crippen LogP contribution in [-0.4, -0.2) is 65.9 Å². The number of carbonyl (C=O) groups excluding carboxylic acids is 2. The number of carbonyl (C=O) groups is 2. The van der Waals surface area contributed by atoms with Gasteiger partial charge in [0.25, 0.3) is 11.7 Å². The molecule has 158 valence electrons. The van der Waals surface area contributed by atoms with Crippen LogP contribution >= 0.6 is 11.6 Å². The van der Waals surface area contributed by atoms with Crippen molar-refractivity contribution in [3.05, 3.63) is 64.4 Å². The third kappa shape index (κ3) is 4.32. The molecule has 2 heterocycles. The van der Waals surface area contributed by atoms with Crippen molar-refractivity contribution >= 4 is 29.1 Å². The van der Waals surface area contributed by atoms with E-state index < -0.39 is 17.7 Å². The van der Waals surface area contributed by atoms with Crippen molar-refractivity contribution in [1.82, 2.24) is 14.8 Å². The quantitative estimate of drug-likeness (QED) is 0.413. The second kappa shape index (κ2) is 9.28. The summed E-state index contributed by atoms with van der Waals surface area (Å²) in [5.74, 6) is -1.41. The summed E-state index contributed by atoms with van der Waals surface area (Å²) < 4.78 is 5.32. The van der Waals surface area contributed by atoms with Crippen molar-refractivity contribution in [2.75, 3.05) is 34.3 Å². The number of hydrogen-bond donors (Lipinski definition) is 1. The van der Waals surface area contributed by atoms with Gasteiger partial charge in [-0.3, -0.25) is 14.6 Å². The molecule has 0 radical (unpaired) electrons. The highest BCUT2D eigenvalue weighted by atomic mass is 35.5. The maximum absolute atomic E-state index is 13.0. The predicted octanol–water partition coefficient (Wildman–Crippen LogP) is 3.12. The molecule has 1 fully saturated rings. The Kier molecular flexibility index (Phi) is 6.74. The molecule has 7 nitrogen and oxygen atoms in total. The second-order valence-electron chi connectivity index (χ2n) is 7.25. The smallest absolute Gasteiger partial charge is 0.295 e. The number of aliphatic hydroxyl groups is 1. The zero-order chi connectivity index (χ0) is 21.8. The van der Waals surface area contributed by atoms with Crippen LogP contribution in [0.15, 0.2) is 48.2 Å². The number of amides is 1. The third-order valence-electron chi connectivity index (χ3n) is 4.93. The Bertz CT molecular complexity index is 976. The van der Waals surface area contributed by atoms with Crippen LogP contribution in [0.5, 0.6) is 5.75 Å². The first-order chi connectivity index (χ1) is 14.3. The minimum Gasteiger partial charge on any atom is -0.507 e. The normalized spacial score (nSPS) is 18.3. The number of likely N-dealkylation sites (tertiary alicyclic amines) is 1. The third-order valence-corrected chi connectivity index (χ3v) is 5.16. The molecular weight excluding hydrogens is 406 g/mol. The van der Waals surface area contributed by atoms with Gasteiger partial charge in [-0.15, -0.1) is 0 Å². The molecule has 0 saturated carbocycles. The highest BCUT2D eigenvalue weighted by Gasteiger charge is 2.46. The summed E-state index contributed by atoms with van der Waals surface area (Å²) in [7, 11) is 5.33. The number of nitrogens with zero attached hydrogens (tertiary/aromatic N) is 3. The highest BCUT2D eigenvalue weighted by Crippen LogP contribution is 2.40. The van der Waals surface area contributed by atoms with Crippen molar-refractivity contribution in [1.29, 1.82) is 0 Å². The van der Waals surface area contributed by atoms with Crippen molar-refractivity contribution in [3.63, 3.8) is 0 Å². The molecule has 0 bridgehead atoms. The molecule has 30 heavy (non-hydrogen) atoms. The van der Waals surface area contributed by atoms with Crippen molar-refractivity contribution in [2.24, 2.45) is 0 Å². The van der Waals surface area contributed by atoms with Crippen LogP contribution in [0.2, 0.25) is 5.02 Å². The van der Waals surface area contributed by atoms with E-state index in [1.807, 2.05) is 19.0 Å². The van der Waals surface area contributed by atoms with E-state index in [1.54, 1.807) is 36.5 Å². The molecule has 1 atom stereocenters. The first kappa shape index (κ1) is 21.8. The van der Waals surface area contributed by atoms with E-state index in [4.69, 9.17) is 16.3 Å². The maximum Gasteiger partial charge on any atom is 0.295 e. The Morgan fingerprint density at radius 1 is 1.27 bits per heavy atom. The molecule has 3 rings (SSSR count). The van der Waals surface area contributed by atoms with Gasteiger partial charge in [0.2, 0.25) is 0 Å². The summed E-state index contributed by atoms with van der Waals surface area (Å²) >= 11 is 6.10. The summed E-state index contributed by atoms with van der Waals surface area (Å²) in [6.07, 6.45) is 2.26. The number of benzene rings is 1. The van der Waals surface area contributed by atoms with Gasteiger partial charge < -0.3 is 19.6 Å². The zero-order valence-electron chi connectivity index (χ0n) is 17.1. The van der Waals surface area contributed by atoms with Gasteiger partial charge in [-0.05, 0) is 57.4 Å². The Hall–Kier alpha value is -2.90. The number of hydrogen-bond acceptors (Lipinski definition) is 6. The Morgan fingerprint density at radius 2 is 2.03 bits per heavy atom. The molecule has 1 saturated heterocycles. The van der Waals surface area contributed by atoms with Crippen LogP contribution in [0, 0.1) is 0 Å². The van der Waals surface area contributed by atoms with E-state index in [1.165, 1.54) is 18.1 Å². The topological polar surface area (TPSA) is 83.0 Å².